The second-order valence-electron chi connectivity index (χ2n) is 8.39. The molecule has 2 atom stereocenters. The molecule has 0 unspecified atom stereocenters. The van der Waals surface area contributed by atoms with E-state index < -0.39 is 24.3 Å². The van der Waals surface area contributed by atoms with E-state index in [-0.39, 0.29) is 12.0 Å². The van der Waals surface area contributed by atoms with E-state index in [9.17, 15) is 31.1 Å². The van der Waals surface area contributed by atoms with E-state index in [1.807, 2.05) is 23.1 Å². The van der Waals surface area contributed by atoms with E-state index in [0.29, 0.717) is 18.9 Å². The third-order valence-corrected chi connectivity index (χ3v) is 6.33. The minimum absolute atomic E-state index is 0.153. The fraction of sp³-hybridized carbons (Fsp3) is 0.478. The SMILES string of the molecule is O=C(Cc1ccccn1)N1C[C@@H]2CN(Cc3cccs3)CCO[C@@H]2C1.O=C(O)C(F)(F)F.O=C(O)C(F)(F)F. The molecule has 0 spiro atoms. The van der Waals surface area contributed by atoms with Crippen LogP contribution in [0.15, 0.2) is 41.9 Å². The van der Waals surface area contributed by atoms with Crippen LogP contribution < -0.4 is 0 Å². The zero-order valence-electron chi connectivity index (χ0n) is 20.2. The lowest BCUT2D eigenvalue weighted by Gasteiger charge is -2.22. The number of aromatic nitrogens is 1. The summed E-state index contributed by atoms with van der Waals surface area (Å²) in [7, 11) is 0. The summed E-state index contributed by atoms with van der Waals surface area (Å²) < 4.78 is 69.5. The van der Waals surface area contributed by atoms with Gasteiger partial charge < -0.3 is 19.8 Å². The maximum atomic E-state index is 12.6. The number of carbonyl (C=O) groups is 3. The van der Waals surface area contributed by atoms with Crippen LogP contribution in [0, 0.1) is 5.92 Å². The molecule has 4 heterocycles. The summed E-state index contributed by atoms with van der Waals surface area (Å²) in [5, 5.41) is 16.4. The molecule has 4 rings (SSSR count). The number of nitrogens with zero attached hydrogens (tertiary/aromatic N) is 3. The lowest BCUT2D eigenvalue weighted by atomic mass is 10.1. The highest BCUT2D eigenvalue weighted by Gasteiger charge is 2.39. The predicted octanol–water partition coefficient (Wildman–Crippen LogP) is 3.31. The quantitative estimate of drug-likeness (QED) is 0.525. The smallest absolute Gasteiger partial charge is 0.475 e. The van der Waals surface area contributed by atoms with Crippen molar-refractivity contribution in [3.63, 3.8) is 0 Å². The summed E-state index contributed by atoms with van der Waals surface area (Å²) in [6.45, 7) is 5.18. The molecule has 0 bridgehead atoms. The number of carboxylic acids is 2. The second-order valence-corrected chi connectivity index (χ2v) is 9.42. The number of hydrogen-bond donors (Lipinski definition) is 2. The van der Waals surface area contributed by atoms with E-state index in [0.717, 1.165) is 38.5 Å². The Kier molecular flexibility index (Phi) is 11.7. The fourth-order valence-corrected chi connectivity index (χ4v) is 4.45. The van der Waals surface area contributed by atoms with Crippen LogP contribution in [0.2, 0.25) is 0 Å². The molecule has 216 valence electrons. The summed E-state index contributed by atoms with van der Waals surface area (Å²) in [4.78, 5) is 40.5. The Hall–Kier alpha value is -3.24. The molecule has 2 aliphatic rings. The van der Waals surface area contributed by atoms with Gasteiger partial charge >= 0.3 is 24.3 Å². The number of hydrogen-bond acceptors (Lipinski definition) is 7. The second kappa shape index (κ2) is 14.2. The van der Waals surface area contributed by atoms with Crippen LogP contribution in [0.3, 0.4) is 0 Å². The number of carbonyl (C=O) groups excluding carboxylic acids is 1. The predicted molar refractivity (Wildman–Crippen MR) is 125 cm³/mol. The van der Waals surface area contributed by atoms with Crippen LogP contribution in [0.1, 0.15) is 10.6 Å². The van der Waals surface area contributed by atoms with Crippen molar-refractivity contribution in [1.82, 2.24) is 14.8 Å². The molecule has 1 amide bonds. The van der Waals surface area contributed by atoms with Gasteiger partial charge in [0, 0.05) is 55.4 Å². The number of halogens is 6. The van der Waals surface area contributed by atoms with Crippen molar-refractivity contribution in [3.8, 4) is 0 Å². The maximum absolute atomic E-state index is 12.6. The first-order valence-electron chi connectivity index (χ1n) is 11.3. The van der Waals surface area contributed by atoms with Crippen LogP contribution in [0.5, 0.6) is 0 Å². The molecule has 0 radical (unpaired) electrons. The molecular formula is C23H25F6N3O6S. The minimum atomic E-state index is -5.08. The minimum Gasteiger partial charge on any atom is -0.475 e. The van der Waals surface area contributed by atoms with Gasteiger partial charge in [0.1, 0.15) is 0 Å². The third-order valence-electron chi connectivity index (χ3n) is 5.47. The maximum Gasteiger partial charge on any atom is 0.490 e. The van der Waals surface area contributed by atoms with Gasteiger partial charge in [0.2, 0.25) is 5.91 Å². The van der Waals surface area contributed by atoms with Crippen molar-refractivity contribution in [2.24, 2.45) is 5.92 Å². The van der Waals surface area contributed by atoms with Gasteiger partial charge in [-0.25, -0.2) is 9.59 Å². The Morgan fingerprint density at radius 2 is 1.62 bits per heavy atom. The van der Waals surface area contributed by atoms with Crippen molar-refractivity contribution in [3.05, 3.63) is 52.5 Å². The van der Waals surface area contributed by atoms with E-state index in [4.69, 9.17) is 24.5 Å². The first-order chi connectivity index (χ1) is 18.2. The summed E-state index contributed by atoms with van der Waals surface area (Å²) >= 11 is 1.80. The van der Waals surface area contributed by atoms with Gasteiger partial charge in [0.25, 0.3) is 0 Å². The largest absolute Gasteiger partial charge is 0.490 e. The van der Waals surface area contributed by atoms with Crippen molar-refractivity contribution in [1.29, 1.82) is 0 Å². The number of rotatable bonds is 4. The number of amides is 1. The molecule has 2 saturated heterocycles. The Balaban J connectivity index is 0.000000317. The third kappa shape index (κ3) is 11.2. The van der Waals surface area contributed by atoms with Crippen molar-refractivity contribution in [2.75, 3.05) is 32.8 Å². The Morgan fingerprint density at radius 3 is 2.13 bits per heavy atom. The lowest BCUT2D eigenvalue weighted by Crippen LogP contribution is -2.34. The summed E-state index contributed by atoms with van der Waals surface area (Å²) in [5.41, 5.74) is 0.833. The molecule has 2 fully saturated rings. The zero-order valence-corrected chi connectivity index (χ0v) is 21.0. The topological polar surface area (TPSA) is 120 Å². The monoisotopic (exact) mass is 585 g/mol. The number of ether oxygens (including phenoxy) is 1. The van der Waals surface area contributed by atoms with Crippen molar-refractivity contribution >= 4 is 29.2 Å². The first kappa shape index (κ1) is 32.0. The number of carboxylic acid groups (broad SMARTS) is 2. The Morgan fingerprint density at radius 1 is 0.974 bits per heavy atom. The molecule has 2 aromatic heterocycles. The number of pyridine rings is 1. The lowest BCUT2D eigenvalue weighted by molar-refractivity contribution is -0.193. The van der Waals surface area contributed by atoms with E-state index in [2.05, 4.69) is 27.4 Å². The van der Waals surface area contributed by atoms with E-state index >= 15 is 0 Å². The average molecular weight is 586 g/mol. The molecule has 0 saturated carbocycles. The Bertz CT molecular complexity index is 1040. The molecule has 2 N–H and O–H groups in total. The number of fused-ring (bicyclic) bond motifs is 1. The van der Waals surface area contributed by atoms with Crippen LogP contribution in [-0.2, 0) is 32.1 Å². The van der Waals surface area contributed by atoms with E-state index in [1.54, 1.807) is 17.5 Å². The molecule has 16 heteroatoms. The normalized spacial score (nSPS) is 19.5. The van der Waals surface area contributed by atoms with Crippen molar-refractivity contribution < 1.29 is 55.7 Å². The molecule has 9 nitrogen and oxygen atoms in total. The number of aliphatic carboxylic acids is 2. The zero-order chi connectivity index (χ0) is 29.2. The van der Waals surface area contributed by atoms with Crippen LogP contribution in [0.25, 0.3) is 0 Å². The van der Waals surface area contributed by atoms with Gasteiger partial charge in [0.15, 0.2) is 0 Å². The van der Waals surface area contributed by atoms with Gasteiger partial charge in [-0.2, -0.15) is 26.3 Å². The highest BCUT2D eigenvalue weighted by Crippen LogP contribution is 2.25. The van der Waals surface area contributed by atoms with Crippen LogP contribution in [-0.4, -0.2) is 94.1 Å². The molecule has 39 heavy (non-hydrogen) atoms. The summed E-state index contributed by atoms with van der Waals surface area (Å²) in [6.07, 6.45) is -7.89. The molecule has 0 aromatic carbocycles. The average Bonchev–Trinajstić information content (AvgIpc) is 3.45. The van der Waals surface area contributed by atoms with Crippen LogP contribution in [0.4, 0.5) is 26.3 Å². The first-order valence-corrected chi connectivity index (χ1v) is 12.2. The van der Waals surface area contributed by atoms with Gasteiger partial charge in [-0.1, -0.05) is 12.1 Å². The molecule has 0 aliphatic carbocycles. The molecule has 2 aromatic rings. The highest BCUT2D eigenvalue weighted by molar-refractivity contribution is 7.09. The fourth-order valence-electron chi connectivity index (χ4n) is 3.70. The van der Waals surface area contributed by atoms with Gasteiger partial charge in [0.05, 0.1) is 19.1 Å². The van der Waals surface area contributed by atoms with Crippen LogP contribution >= 0.6 is 11.3 Å². The number of alkyl halides is 6. The summed E-state index contributed by atoms with van der Waals surface area (Å²) in [6, 6.07) is 9.99. The molecule has 2 aliphatic heterocycles. The molecular weight excluding hydrogens is 560 g/mol. The van der Waals surface area contributed by atoms with Gasteiger partial charge in [-0.15, -0.1) is 11.3 Å². The number of likely N-dealkylation sites (tertiary alicyclic amines) is 1. The number of thiophene rings is 1. The van der Waals surface area contributed by atoms with E-state index in [1.165, 1.54) is 4.88 Å². The summed E-state index contributed by atoms with van der Waals surface area (Å²) in [5.74, 6) is -4.96. The van der Waals surface area contributed by atoms with Crippen molar-refractivity contribution in [2.45, 2.75) is 31.4 Å². The Labute approximate surface area is 222 Å². The van der Waals surface area contributed by atoms with Gasteiger partial charge in [-0.05, 0) is 23.6 Å². The highest BCUT2D eigenvalue weighted by atomic mass is 32.1. The van der Waals surface area contributed by atoms with Gasteiger partial charge in [-0.3, -0.25) is 14.7 Å². The standard InChI is InChI=1S/C19H23N3O2S.2C2HF3O2/c23-19(10-16-4-1-2-6-20-16)22-12-15-11-21(7-8-24-18(15)14-22)13-17-5-3-9-25-17;2*3-2(4,5)1(6)7/h1-6,9,15,18H,7-8,10-14H2;2*(H,6,7)/t15-,18+;;/m0../s1.